The molecular formula is C18H18O2. The quantitative estimate of drug-likeness (QED) is 0.816. The van der Waals surface area contributed by atoms with Crippen molar-refractivity contribution in [2.75, 3.05) is 0 Å². The highest BCUT2D eigenvalue weighted by Gasteiger charge is 2.06. The van der Waals surface area contributed by atoms with E-state index in [9.17, 15) is 4.79 Å². The van der Waals surface area contributed by atoms with E-state index in [4.69, 9.17) is 5.11 Å². The SMILES string of the molecule is CC(C)c1cccc(C=Cc2ccccc2C(=O)O)c1. The van der Waals surface area contributed by atoms with Crippen LogP contribution in [0.25, 0.3) is 12.2 Å². The molecule has 0 heterocycles. The molecule has 20 heavy (non-hydrogen) atoms. The minimum Gasteiger partial charge on any atom is -0.478 e. The van der Waals surface area contributed by atoms with Crippen molar-refractivity contribution in [3.8, 4) is 0 Å². The van der Waals surface area contributed by atoms with Crippen LogP contribution in [0, 0.1) is 0 Å². The summed E-state index contributed by atoms with van der Waals surface area (Å²) >= 11 is 0. The van der Waals surface area contributed by atoms with Crippen molar-refractivity contribution in [2.45, 2.75) is 19.8 Å². The molecule has 0 amide bonds. The first-order chi connectivity index (χ1) is 9.58. The van der Waals surface area contributed by atoms with Gasteiger partial charge in [-0.3, -0.25) is 0 Å². The number of aromatic carboxylic acids is 1. The summed E-state index contributed by atoms with van der Waals surface area (Å²) in [6.07, 6.45) is 3.80. The number of benzene rings is 2. The average molecular weight is 266 g/mol. The Labute approximate surface area is 119 Å². The Kier molecular flexibility index (Phi) is 4.36. The van der Waals surface area contributed by atoms with E-state index in [0.717, 1.165) is 11.1 Å². The van der Waals surface area contributed by atoms with Gasteiger partial charge in [0, 0.05) is 0 Å². The van der Waals surface area contributed by atoms with Crippen molar-refractivity contribution in [3.05, 3.63) is 70.8 Å². The Morgan fingerprint density at radius 3 is 2.50 bits per heavy atom. The minimum absolute atomic E-state index is 0.323. The molecule has 0 aromatic heterocycles. The Balaban J connectivity index is 2.30. The van der Waals surface area contributed by atoms with Gasteiger partial charge < -0.3 is 5.11 Å². The molecule has 0 fully saturated rings. The van der Waals surface area contributed by atoms with E-state index in [1.54, 1.807) is 12.1 Å². The third-order valence-electron chi connectivity index (χ3n) is 3.22. The largest absolute Gasteiger partial charge is 0.478 e. The van der Waals surface area contributed by atoms with Crippen molar-refractivity contribution in [2.24, 2.45) is 0 Å². The average Bonchev–Trinajstić information content (AvgIpc) is 2.45. The first kappa shape index (κ1) is 14.1. The van der Waals surface area contributed by atoms with Gasteiger partial charge >= 0.3 is 5.97 Å². The number of carboxylic acid groups (broad SMARTS) is 1. The lowest BCUT2D eigenvalue weighted by molar-refractivity contribution is 0.0696. The molecule has 0 unspecified atom stereocenters. The van der Waals surface area contributed by atoms with Gasteiger partial charge in [0.1, 0.15) is 0 Å². The smallest absolute Gasteiger partial charge is 0.336 e. The second-order valence-electron chi connectivity index (χ2n) is 5.05. The second kappa shape index (κ2) is 6.20. The van der Waals surface area contributed by atoms with E-state index in [1.807, 2.05) is 36.4 Å². The van der Waals surface area contributed by atoms with E-state index in [1.165, 1.54) is 5.56 Å². The zero-order chi connectivity index (χ0) is 14.5. The fourth-order valence-electron chi connectivity index (χ4n) is 2.04. The van der Waals surface area contributed by atoms with Gasteiger partial charge in [-0.2, -0.15) is 0 Å². The fraction of sp³-hybridized carbons (Fsp3) is 0.167. The van der Waals surface area contributed by atoms with Gasteiger partial charge in [0.2, 0.25) is 0 Å². The predicted molar refractivity (Wildman–Crippen MR) is 82.9 cm³/mol. The summed E-state index contributed by atoms with van der Waals surface area (Å²) in [5.74, 6) is -0.421. The van der Waals surface area contributed by atoms with E-state index in [0.29, 0.717) is 11.5 Å². The molecule has 2 aromatic rings. The van der Waals surface area contributed by atoms with Crippen LogP contribution >= 0.6 is 0 Å². The van der Waals surface area contributed by atoms with Crippen molar-refractivity contribution >= 4 is 18.1 Å². The summed E-state index contributed by atoms with van der Waals surface area (Å²) in [6, 6.07) is 15.3. The van der Waals surface area contributed by atoms with Crippen LogP contribution in [-0.4, -0.2) is 11.1 Å². The number of carboxylic acids is 1. The molecule has 0 saturated heterocycles. The maximum Gasteiger partial charge on any atom is 0.336 e. The predicted octanol–water partition coefficient (Wildman–Crippen LogP) is 4.68. The zero-order valence-electron chi connectivity index (χ0n) is 11.7. The van der Waals surface area contributed by atoms with E-state index in [2.05, 4.69) is 26.0 Å². The second-order valence-corrected chi connectivity index (χ2v) is 5.05. The van der Waals surface area contributed by atoms with Crippen LogP contribution in [0.2, 0.25) is 0 Å². The number of rotatable bonds is 4. The van der Waals surface area contributed by atoms with Crippen molar-refractivity contribution in [3.63, 3.8) is 0 Å². The molecule has 0 atom stereocenters. The maximum atomic E-state index is 11.1. The first-order valence-electron chi connectivity index (χ1n) is 6.68. The standard InChI is InChI=1S/C18H18O2/c1-13(2)16-8-5-6-14(12-16)10-11-15-7-3-4-9-17(15)18(19)20/h3-13H,1-2H3,(H,19,20). The third kappa shape index (κ3) is 3.35. The molecule has 2 aromatic carbocycles. The highest BCUT2D eigenvalue weighted by Crippen LogP contribution is 2.18. The van der Waals surface area contributed by atoms with Crippen LogP contribution in [-0.2, 0) is 0 Å². The Bertz CT molecular complexity index is 639. The molecular weight excluding hydrogens is 248 g/mol. The first-order valence-corrected chi connectivity index (χ1v) is 6.68. The molecule has 2 rings (SSSR count). The third-order valence-corrected chi connectivity index (χ3v) is 3.22. The van der Waals surface area contributed by atoms with Crippen LogP contribution in [0.1, 0.15) is 46.8 Å². The van der Waals surface area contributed by atoms with Crippen LogP contribution in [0.5, 0.6) is 0 Å². The van der Waals surface area contributed by atoms with Crippen molar-refractivity contribution in [1.82, 2.24) is 0 Å². The minimum atomic E-state index is -0.902. The fourth-order valence-corrected chi connectivity index (χ4v) is 2.04. The lowest BCUT2D eigenvalue weighted by Crippen LogP contribution is -1.98. The van der Waals surface area contributed by atoms with Gasteiger partial charge in [0.25, 0.3) is 0 Å². The molecule has 2 nitrogen and oxygen atoms in total. The molecule has 102 valence electrons. The van der Waals surface area contributed by atoms with Gasteiger partial charge in [0.05, 0.1) is 5.56 Å². The van der Waals surface area contributed by atoms with E-state index >= 15 is 0 Å². The summed E-state index contributed by atoms with van der Waals surface area (Å²) in [6.45, 7) is 4.31. The molecule has 0 bridgehead atoms. The molecule has 2 heteroatoms. The molecule has 0 aliphatic carbocycles. The molecule has 0 saturated carbocycles. The number of hydrogen-bond donors (Lipinski definition) is 1. The van der Waals surface area contributed by atoms with Crippen LogP contribution < -0.4 is 0 Å². The lowest BCUT2D eigenvalue weighted by atomic mass is 10.00. The van der Waals surface area contributed by atoms with Crippen molar-refractivity contribution in [1.29, 1.82) is 0 Å². The van der Waals surface area contributed by atoms with Gasteiger partial charge in [-0.05, 0) is 28.7 Å². The molecule has 0 spiro atoms. The maximum absolute atomic E-state index is 11.1. The summed E-state index contributed by atoms with van der Waals surface area (Å²) in [5, 5.41) is 9.15. The normalized spacial score (nSPS) is 11.2. The van der Waals surface area contributed by atoms with Crippen LogP contribution in [0.3, 0.4) is 0 Å². The van der Waals surface area contributed by atoms with Gasteiger partial charge in [-0.25, -0.2) is 4.79 Å². The molecule has 0 aliphatic rings. The zero-order valence-corrected chi connectivity index (χ0v) is 11.7. The van der Waals surface area contributed by atoms with Crippen molar-refractivity contribution < 1.29 is 9.90 Å². The van der Waals surface area contributed by atoms with Gasteiger partial charge in [-0.15, -0.1) is 0 Å². The number of hydrogen-bond acceptors (Lipinski definition) is 1. The highest BCUT2D eigenvalue weighted by molar-refractivity contribution is 5.93. The number of carbonyl (C=O) groups is 1. The molecule has 1 N–H and O–H groups in total. The van der Waals surface area contributed by atoms with Crippen LogP contribution in [0.4, 0.5) is 0 Å². The van der Waals surface area contributed by atoms with E-state index in [-0.39, 0.29) is 0 Å². The van der Waals surface area contributed by atoms with Gasteiger partial charge in [-0.1, -0.05) is 68.5 Å². The Hall–Kier alpha value is -2.35. The van der Waals surface area contributed by atoms with E-state index < -0.39 is 5.97 Å². The monoisotopic (exact) mass is 266 g/mol. The summed E-state index contributed by atoms with van der Waals surface area (Å²) < 4.78 is 0. The highest BCUT2D eigenvalue weighted by atomic mass is 16.4. The van der Waals surface area contributed by atoms with Gasteiger partial charge in [0.15, 0.2) is 0 Å². The summed E-state index contributed by atoms with van der Waals surface area (Å²) in [4.78, 5) is 11.1. The van der Waals surface area contributed by atoms with Crippen LogP contribution in [0.15, 0.2) is 48.5 Å². The summed E-state index contributed by atoms with van der Waals surface area (Å²) in [5.41, 5.74) is 3.40. The molecule has 0 aliphatic heterocycles. The topological polar surface area (TPSA) is 37.3 Å². The summed E-state index contributed by atoms with van der Waals surface area (Å²) in [7, 11) is 0. The molecule has 0 radical (unpaired) electrons. The Morgan fingerprint density at radius 2 is 1.80 bits per heavy atom. The Morgan fingerprint density at radius 1 is 1.05 bits per heavy atom. The lowest BCUT2D eigenvalue weighted by Gasteiger charge is -2.06.